The fourth-order valence-electron chi connectivity index (χ4n) is 2.07. The minimum atomic E-state index is -0.895. The van der Waals surface area contributed by atoms with Crippen LogP contribution in [-0.4, -0.2) is 28.9 Å². The van der Waals surface area contributed by atoms with E-state index >= 15 is 0 Å². The monoisotopic (exact) mass is 257 g/mol. The molecule has 1 heterocycles. The van der Waals surface area contributed by atoms with Gasteiger partial charge < -0.3 is 5.32 Å². The van der Waals surface area contributed by atoms with Crippen molar-refractivity contribution in [2.45, 2.75) is 25.3 Å². The van der Waals surface area contributed by atoms with Crippen molar-refractivity contribution in [2.24, 2.45) is 0 Å². The van der Waals surface area contributed by atoms with Gasteiger partial charge in [-0.3, -0.25) is 9.69 Å². The number of urea groups is 1. The van der Waals surface area contributed by atoms with E-state index in [4.69, 9.17) is 0 Å². The molecule has 1 atom stereocenters. The molecular formula is C14H15N3O2. The topological polar surface area (TPSA) is 73.2 Å². The Kier molecular flexibility index (Phi) is 3.26. The molecule has 1 fully saturated rings. The Labute approximate surface area is 111 Å². The minimum Gasteiger partial charge on any atom is -0.324 e. The van der Waals surface area contributed by atoms with Crippen LogP contribution in [0.1, 0.15) is 25.3 Å². The molecule has 0 spiro atoms. The van der Waals surface area contributed by atoms with E-state index in [0.717, 1.165) is 10.5 Å². The molecule has 1 saturated heterocycles. The fourth-order valence-corrected chi connectivity index (χ4v) is 2.07. The summed E-state index contributed by atoms with van der Waals surface area (Å²) < 4.78 is 0. The molecule has 1 aliphatic rings. The van der Waals surface area contributed by atoms with Crippen LogP contribution in [0.25, 0.3) is 0 Å². The lowest BCUT2D eigenvalue weighted by Gasteiger charge is -2.18. The summed E-state index contributed by atoms with van der Waals surface area (Å²) in [5, 5.41) is 11.8. The highest BCUT2D eigenvalue weighted by molar-refractivity contribution is 6.06. The molecule has 1 aliphatic heterocycles. The highest BCUT2D eigenvalue weighted by Crippen LogP contribution is 2.22. The van der Waals surface area contributed by atoms with Crippen LogP contribution in [0.15, 0.2) is 30.3 Å². The number of benzene rings is 1. The molecule has 1 aromatic carbocycles. The van der Waals surface area contributed by atoms with Gasteiger partial charge >= 0.3 is 6.03 Å². The molecule has 19 heavy (non-hydrogen) atoms. The number of rotatable bonds is 3. The summed E-state index contributed by atoms with van der Waals surface area (Å²) in [5.41, 5.74) is -0.0939. The predicted molar refractivity (Wildman–Crippen MR) is 69.1 cm³/mol. The Balaban J connectivity index is 2.19. The summed E-state index contributed by atoms with van der Waals surface area (Å²) in [5.74, 6) is -0.807. The molecular weight excluding hydrogens is 242 g/mol. The number of hydrogen-bond acceptors (Lipinski definition) is 3. The van der Waals surface area contributed by atoms with Gasteiger partial charge in [-0.2, -0.15) is 5.26 Å². The molecule has 5 heteroatoms. The fraction of sp³-hybridized carbons (Fsp3) is 0.357. The molecule has 1 N–H and O–H groups in total. The number of carbonyl (C=O) groups is 2. The number of nitrogens with one attached hydrogen (secondary N) is 1. The van der Waals surface area contributed by atoms with E-state index in [1.54, 1.807) is 13.8 Å². The molecule has 0 saturated carbocycles. The maximum Gasteiger partial charge on any atom is 0.325 e. The molecule has 98 valence electrons. The van der Waals surface area contributed by atoms with Crippen LogP contribution in [0.2, 0.25) is 0 Å². The molecule has 0 aliphatic carbocycles. The van der Waals surface area contributed by atoms with Crippen LogP contribution in [-0.2, 0) is 4.79 Å². The van der Waals surface area contributed by atoms with Crippen molar-refractivity contribution < 1.29 is 9.59 Å². The van der Waals surface area contributed by atoms with Gasteiger partial charge in [-0.05, 0) is 19.4 Å². The highest BCUT2D eigenvalue weighted by atomic mass is 16.2. The van der Waals surface area contributed by atoms with Crippen LogP contribution in [0.3, 0.4) is 0 Å². The normalized spacial score (nSPS) is 18.9. The SMILES string of the molecule is CC1(C)NC(=O)N(CC(C#N)c2ccccc2)C1=O. The van der Waals surface area contributed by atoms with E-state index in [1.165, 1.54) is 0 Å². The first kappa shape index (κ1) is 13.1. The van der Waals surface area contributed by atoms with Crippen molar-refractivity contribution in [3.63, 3.8) is 0 Å². The van der Waals surface area contributed by atoms with Gasteiger partial charge in [0.2, 0.25) is 0 Å². The Morgan fingerprint density at radius 2 is 1.95 bits per heavy atom. The van der Waals surface area contributed by atoms with Gasteiger partial charge in [-0.25, -0.2) is 4.79 Å². The highest BCUT2D eigenvalue weighted by Gasteiger charge is 2.44. The zero-order valence-corrected chi connectivity index (χ0v) is 10.9. The molecule has 2 rings (SSSR count). The summed E-state index contributed by atoms with van der Waals surface area (Å²) in [7, 11) is 0. The zero-order valence-electron chi connectivity index (χ0n) is 10.9. The lowest BCUT2D eigenvalue weighted by Crippen LogP contribution is -2.40. The van der Waals surface area contributed by atoms with Gasteiger partial charge in [0.1, 0.15) is 5.54 Å². The van der Waals surface area contributed by atoms with Crippen LogP contribution in [0, 0.1) is 11.3 Å². The smallest absolute Gasteiger partial charge is 0.324 e. The van der Waals surface area contributed by atoms with Gasteiger partial charge in [-0.15, -0.1) is 0 Å². The second-order valence-corrected chi connectivity index (χ2v) is 5.06. The van der Waals surface area contributed by atoms with Crippen molar-refractivity contribution >= 4 is 11.9 Å². The Bertz CT molecular complexity index is 546. The van der Waals surface area contributed by atoms with Crippen molar-refractivity contribution in [1.82, 2.24) is 10.2 Å². The van der Waals surface area contributed by atoms with E-state index in [2.05, 4.69) is 11.4 Å². The second kappa shape index (κ2) is 4.73. The molecule has 0 bridgehead atoms. The number of nitriles is 1. The number of amides is 3. The predicted octanol–water partition coefficient (Wildman–Crippen LogP) is 1.62. The third kappa shape index (κ3) is 2.43. The van der Waals surface area contributed by atoms with Crippen molar-refractivity contribution in [1.29, 1.82) is 5.26 Å². The first-order valence-electron chi connectivity index (χ1n) is 6.04. The standard InChI is InChI=1S/C14H15N3O2/c1-14(2)12(18)17(13(19)16-14)9-11(8-15)10-6-4-3-5-7-10/h3-7,11H,9H2,1-2H3,(H,16,19). The van der Waals surface area contributed by atoms with Crippen LogP contribution < -0.4 is 5.32 Å². The number of imide groups is 1. The van der Waals surface area contributed by atoms with E-state index < -0.39 is 17.5 Å². The third-order valence-electron chi connectivity index (χ3n) is 3.17. The maximum absolute atomic E-state index is 12.1. The van der Waals surface area contributed by atoms with Gasteiger partial charge in [0.05, 0.1) is 18.5 Å². The summed E-state index contributed by atoms with van der Waals surface area (Å²) >= 11 is 0. The lowest BCUT2D eigenvalue weighted by atomic mass is 9.99. The van der Waals surface area contributed by atoms with E-state index in [0.29, 0.717) is 0 Å². The van der Waals surface area contributed by atoms with Crippen LogP contribution in [0.5, 0.6) is 0 Å². The van der Waals surface area contributed by atoms with Gasteiger partial charge in [-0.1, -0.05) is 30.3 Å². The Morgan fingerprint density at radius 3 is 2.42 bits per heavy atom. The quantitative estimate of drug-likeness (QED) is 0.836. The molecule has 5 nitrogen and oxygen atoms in total. The number of carbonyl (C=O) groups excluding carboxylic acids is 2. The Morgan fingerprint density at radius 1 is 1.32 bits per heavy atom. The zero-order chi connectivity index (χ0) is 14.0. The average Bonchev–Trinajstić information content (AvgIpc) is 2.58. The van der Waals surface area contributed by atoms with E-state index in [-0.39, 0.29) is 12.5 Å². The largest absolute Gasteiger partial charge is 0.325 e. The van der Waals surface area contributed by atoms with Crippen molar-refractivity contribution in [2.75, 3.05) is 6.54 Å². The van der Waals surface area contributed by atoms with Gasteiger partial charge in [0.15, 0.2) is 0 Å². The number of hydrogen-bond donors (Lipinski definition) is 1. The summed E-state index contributed by atoms with van der Waals surface area (Å²) in [6, 6.07) is 10.8. The summed E-state index contributed by atoms with van der Waals surface area (Å²) in [6.45, 7) is 3.38. The van der Waals surface area contributed by atoms with Gasteiger partial charge in [0, 0.05) is 0 Å². The summed E-state index contributed by atoms with van der Waals surface area (Å²) in [4.78, 5) is 24.9. The average molecular weight is 257 g/mol. The Hall–Kier alpha value is -2.35. The molecule has 3 amide bonds. The van der Waals surface area contributed by atoms with Gasteiger partial charge in [0.25, 0.3) is 5.91 Å². The molecule has 0 radical (unpaired) electrons. The van der Waals surface area contributed by atoms with Crippen molar-refractivity contribution in [3.05, 3.63) is 35.9 Å². The first-order valence-corrected chi connectivity index (χ1v) is 6.04. The second-order valence-electron chi connectivity index (χ2n) is 5.06. The number of nitrogens with zero attached hydrogens (tertiary/aromatic N) is 2. The van der Waals surface area contributed by atoms with E-state index in [1.807, 2.05) is 30.3 Å². The molecule has 0 aromatic heterocycles. The maximum atomic E-state index is 12.1. The van der Waals surface area contributed by atoms with Crippen LogP contribution in [0.4, 0.5) is 4.79 Å². The first-order chi connectivity index (χ1) is 8.95. The lowest BCUT2D eigenvalue weighted by molar-refractivity contribution is -0.130. The molecule has 1 aromatic rings. The van der Waals surface area contributed by atoms with Crippen LogP contribution >= 0.6 is 0 Å². The van der Waals surface area contributed by atoms with Crippen molar-refractivity contribution in [3.8, 4) is 6.07 Å². The minimum absolute atomic E-state index is 0.0780. The third-order valence-corrected chi connectivity index (χ3v) is 3.17. The van der Waals surface area contributed by atoms with E-state index in [9.17, 15) is 14.9 Å². The summed E-state index contributed by atoms with van der Waals surface area (Å²) in [6.07, 6.45) is 0. The molecule has 1 unspecified atom stereocenters.